The fourth-order valence-electron chi connectivity index (χ4n) is 3.99. The highest BCUT2D eigenvalue weighted by atomic mass is 35.5. The third kappa shape index (κ3) is 7.41. The lowest BCUT2D eigenvalue weighted by Crippen LogP contribution is -2.38. The highest BCUT2D eigenvalue weighted by molar-refractivity contribution is 7.93. The number of nitrogens with one attached hydrogen (secondary N) is 2. The smallest absolute Gasteiger partial charge is 0.264 e. The number of amides is 1. The lowest BCUT2D eigenvalue weighted by atomic mass is 10.1. The number of hydrogen-bond donors (Lipinski definition) is 2. The van der Waals surface area contributed by atoms with Crippen LogP contribution in [0.1, 0.15) is 18.1 Å². The maximum Gasteiger partial charge on any atom is 0.264 e. The van der Waals surface area contributed by atoms with Crippen LogP contribution in [0.25, 0.3) is 0 Å². The standard InChI is InChI=1S/C30H30ClN3O6S2/c1-4-40-27-13-11-26(12-14-27)34(42(38,39)29-15-6-23(31)7-16-29)20-30(35)32-24-9-17-28(18-10-24)41(36,37)33-25-8-5-21(2)22(3)19-25/h5-19,33H,4,20H2,1-3H3,(H,32,35). The van der Waals surface area contributed by atoms with Crippen LogP contribution in [0, 0.1) is 13.8 Å². The Bertz CT molecular complexity index is 1780. The highest BCUT2D eigenvalue weighted by Crippen LogP contribution is 2.27. The van der Waals surface area contributed by atoms with Crippen molar-refractivity contribution in [2.45, 2.75) is 30.6 Å². The molecule has 0 saturated heterocycles. The molecular weight excluding hydrogens is 598 g/mol. The Kier molecular flexibility index (Phi) is 9.45. The monoisotopic (exact) mass is 627 g/mol. The van der Waals surface area contributed by atoms with Crippen LogP contribution in [-0.2, 0) is 24.8 Å². The summed E-state index contributed by atoms with van der Waals surface area (Å²) in [5, 5.41) is 3.01. The number of anilines is 3. The Morgan fingerprint density at radius 1 is 0.786 bits per heavy atom. The zero-order valence-electron chi connectivity index (χ0n) is 23.2. The summed E-state index contributed by atoms with van der Waals surface area (Å²) in [6.45, 7) is 5.55. The van der Waals surface area contributed by atoms with Gasteiger partial charge in [-0.15, -0.1) is 0 Å². The molecule has 0 unspecified atom stereocenters. The summed E-state index contributed by atoms with van der Waals surface area (Å²) in [6, 6.07) is 22.8. The van der Waals surface area contributed by atoms with Gasteiger partial charge >= 0.3 is 0 Å². The molecule has 42 heavy (non-hydrogen) atoms. The predicted molar refractivity (Wildman–Crippen MR) is 165 cm³/mol. The molecule has 0 atom stereocenters. The Balaban J connectivity index is 1.53. The topological polar surface area (TPSA) is 122 Å². The normalized spacial score (nSPS) is 11.5. The van der Waals surface area contributed by atoms with E-state index in [-0.39, 0.29) is 15.5 Å². The number of nitrogens with zero attached hydrogens (tertiary/aromatic N) is 1. The van der Waals surface area contributed by atoms with Gasteiger partial charge in [0.05, 0.1) is 22.1 Å². The van der Waals surface area contributed by atoms with Gasteiger partial charge in [0.25, 0.3) is 20.0 Å². The van der Waals surface area contributed by atoms with Gasteiger partial charge in [-0.05, 0) is 117 Å². The third-order valence-electron chi connectivity index (χ3n) is 6.33. The second-order valence-electron chi connectivity index (χ2n) is 9.37. The van der Waals surface area contributed by atoms with Crippen molar-refractivity contribution in [3.8, 4) is 5.75 Å². The molecular formula is C30H30ClN3O6S2. The van der Waals surface area contributed by atoms with Gasteiger partial charge in [-0.25, -0.2) is 16.8 Å². The molecule has 0 bridgehead atoms. The summed E-state index contributed by atoms with van der Waals surface area (Å²) in [4.78, 5) is 13.0. The number of benzene rings is 4. The van der Waals surface area contributed by atoms with Crippen LogP contribution in [0.4, 0.5) is 17.1 Å². The van der Waals surface area contributed by atoms with E-state index in [1.54, 1.807) is 36.4 Å². The average Bonchev–Trinajstić information content (AvgIpc) is 2.95. The van der Waals surface area contributed by atoms with Gasteiger partial charge in [0.15, 0.2) is 0 Å². The Morgan fingerprint density at radius 2 is 1.38 bits per heavy atom. The highest BCUT2D eigenvalue weighted by Gasteiger charge is 2.27. The first-order valence-corrected chi connectivity index (χ1v) is 16.2. The molecule has 220 valence electrons. The third-order valence-corrected chi connectivity index (χ3v) is 9.77. The van der Waals surface area contributed by atoms with Crippen molar-refractivity contribution in [3.63, 3.8) is 0 Å². The molecule has 1 amide bonds. The molecule has 0 aliphatic rings. The number of rotatable bonds is 11. The lowest BCUT2D eigenvalue weighted by molar-refractivity contribution is -0.114. The minimum atomic E-state index is -4.16. The molecule has 12 heteroatoms. The van der Waals surface area contributed by atoms with E-state index >= 15 is 0 Å². The lowest BCUT2D eigenvalue weighted by Gasteiger charge is -2.24. The Morgan fingerprint density at radius 3 is 1.98 bits per heavy atom. The van der Waals surface area contributed by atoms with Crippen LogP contribution >= 0.6 is 11.6 Å². The van der Waals surface area contributed by atoms with Crippen molar-refractivity contribution in [3.05, 3.63) is 107 Å². The van der Waals surface area contributed by atoms with E-state index < -0.39 is 32.5 Å². The van der Waals surface area contributed by atoms with E-state index in [2.05, 4.69) is 10.0 Å². The molecule has 0 heterocycles. The largest absolute Gasteiger partial charge is 0.494 e. The first-order chi connectivity index (χ1) is 19.9. The fraction of sp³-hybridized carbons (Fsp3) is 0.167. The SMILES string of the molecule is CCOc1ccc(N(CC(=O)Nc2ccc(S(=O)(=O)Nc3ccc(C)c(C)c3)cc2)S(=O)(=O)c2ccc(Cl)cc2)cc1. The summed E-state index contributed by atoms with van der Waals surface area (Å²) in [5.41, 5.74) is 2.97. The van der Waals surface area contributed by atoms with Gasteiger partial charge in [0.1, 0.15) is 12.3 Å². The molecule has 0 fully saturated rings. The number of aryl methyl sites for hydroxylation is 2. The van der Waals surface area contributed by atoms with E-state index in [4.69, 9.17) is 16.3 Å². The first-order valence-electron chi connectivity index (χ1n) is 12.9. The van der Waals surface area contributed by atoms with E-state index in [1.165, 1.54) is 48.5 Å². The van der Waals surface area contributed by atoms with Gasteiger partial charge in [-0.3, -0.25) is 13.8 Å². The molecule has 4 rings (SSSR count). The van der Waals surface area contributed by atoms with Gasteiger partial charge in [0.2, 0.25) is 5.91 Å². The molecule has 9 nitrogen and oxygen atoms in total. The van der Waals surface area contributed by atoms with Gasteiger partial charge in [-0.1, -0.05) is 17.7 Å². The summed E-state index contributed by atoms with van der Waals surface area (Å²) < 4.78 is 61.9. The van der Waals surface area contributed by atoms with Crippen molar-refractivity contribution >= 4 is 54.6 Å². The maximum atomic E-state index is 13.6. The molecule has 0 aromatic heterocycles. The molecule has 2 N–H and O–H groups in total. The van der Waals surface area contributed by atoms with Gasteiger partial charge < -0.3 is 10.1 Å². The van der Waals surface area contributed by atoms with Crippen LogP contribution in [0.15, 0.2) is 101 Å². The van der Waals surface area contributed by atoms with Crippen molar-refractivity contribution in [2.24, 2.45) is 0 Å². The van der Waals surface area contributed by atoms with Crippen LogP contribution in [-0.4, -0.2) is 35.9 Å². The van der Waals surface area contributed by atoms with Crippen LogP contribution in [0.3, 0.4) is 0 Å². The summed E-state index contributed by atoms with van der Waals surface area (Å²) in [7, 11) is -8.03. The van der Waals surface area contributed by atoms with E-state index in [9.17, 15) is 21.6 Å². The summed E-state index contributed by atoms with van der Waals surface area (Å²) in [5.74, 6) is -0.0816. The number of ether oxygens (including phenoxy) is 1. The van der Waals surface area contributed by atoms with Crippen molar-refractivity contribution in [1.82, 2.24) is 0 Å². The number of halogens is 1. The Labute approximate surface area is 251 Å². The molecule has 4 aromatic carbocycles. The maximum absolute atomic E-state index is 13.6. The molecule has 0 saturated carbocycles. The number of sulfonamides is 2. The summed E-state index contributed by atoms with van der Waals surface area (Å²) >= 11 is 5.94. The number of carbonyl (C=O) groups is 1. The van der Waals surface area contributed by atoms with Crippen molar-refractivity contribution in [2.75, 3.05) is 27.5 Å². The van der Waals surface area contributed by atoms with Crippen LogP contribution in [0.2, 0.25) is 5.02 Å². The molecule has 0 aliphatic heterocycles. The minimum Gasteiger partial charge on any atom is -0.494 e. The first kappa shape index (κ1) is 30.9. The van der Waals surface area contributed by atoms with Crippen LogP contribution < -0.4 is 19.1 Å². The minimum absolute atomic E-state index is 0.0000534. The predicted octanol–water partition coefficient (Wildman–Crippen LogP) is 5.99. The number of carbonyl (C=O) groups excluding carboxylic acids is 1. The van der Waals surface area contributed by atoms with Gasteiger partial charge in [0, 0.05) is 16.4 Å². The van der Waals surface area contributed by atoms with E-state index in [1.807, 2.05) is 26.8 Å². The Hall–Kier alpha value is -4.06. The fourth-order valence-corrected chi connectivity index (χ4v) is 6.59. The molecule has 0 radical (unpaired) electrons. The summed E-state index contributed by atoms with van der Waals surface area (Å²) in [6.07, 6.45) is 0. The number of hydrogen-bond acceptors (Lipinski definition) is 6. The molecule has 0 spiro atoms. The van der Waals surface area contributed by atoms with Crippen LogP contribution in [0.5, 0.6) is 5.75 Å². The second kappa shape index (κ2) is 12.8. The van der Waals surface area contributed by atoms with E-state index in [0.717, 1.165) is 15.4 Å². The van der Waals surface area contributed by atoms with E-state index in [0.29, 0.717) is 28.8 Å². The van der Waals surface area contributed by atoms with Crippen molar-refractivity contribution in [1.29, 1.82) is 0 Å². The average molecular weight is 628 g/mol. The zero-order chi connectivity index (χ0) is 30.5. The van der Waals surface area contributed by atoms with Crippen molar-refractivity contribution < 1.29 is 26.4 Å². The molecule has 4 aromatic rings. The molecule has 0 aliphatic carbocycles. The van der Waals surface area contributed by atoms with Gasteiger partial charge in [-0.2, -0.15) is 0 Å². The second-order valence-corrected chi connectivity index (χ2v) is 13.4. The zero-order valence-corrected chi connectivity index (χ0v) is 25.6. The quantitative estimate of drug-likeness (QED) is 0.211.